The molecule has 150 valence electrons. The molecule has 0 atom stereocenters. The summed E-state index contributed by atoms with van der Waals surface area (Å²) in [5.41, 5.74) is 5.46. The highest BCUT2D eigenvalue weighted by molar-refractivity contribution is 6.03. The molecule has 0 spiro atoms. The molecule has 0 aliphatic heterocycles. The van der Waals surface area contributed by atoms with Crippen molar-refractivity contribution in [2.75, 3.05) is 28.6 Å². The van der Waals surface area contributed by atoms with Crippen molar-refractivity contribution in [1.29, 1.82) is 0 Å². The van der Waals surface area contributed by atoms with Crippen LogP contribution >= 0.6 is 0 Å². The molecule has 0 fully saturated rings. The normalized spacial score (nSPS) is 10.4. The van der Waals surface area contributed by atoms with Crippen LogP contribution in [0.4, 0.5) is 17.1 Å². The Morgan fingerprint density at radius 3 is 2.38 bits per heavy atom. The number of hydrogen-bond donors (Lipinski definition) is 2. The monoisotopic (exact) mass is 388 g/mol. The summed E-state index contributed by atoms with van der Waals surface area (Å²) >= 11 is 0. The van der Waals surface area contributed by atoms with E-state index in [1.165, 1.54) is 5.56 Å². The van der Waals surface area contributed by atoms with E-state index in [0.717, 1.165) is 35.7 Å². The fourth-order valence-electron chi connectivity index (χ4n) is 3.19. The highest BCUT2D eigenvalue weighted by Crippen LogP contribution is 2.23. The molecule has 0 saturated carbocycles. The number of aromatic nitrogens is 1. The first-order chi connectivity index (χ1) is 14.1. The van der Waals surface area contributed by atoms with Crippen molar-refractivity contribution < 1.29 is 4.79 Å². The van der Waals surface area contributed by atoms with Crippen LogP contribution in [-0.2, 0) is 6.54 Å². The van der Waals surface area contributed by atoms with Gasteiger partial charge in [-0.05, 0) is 62.2 Å². The number of rotatable bonds is 8. The summed E-state index contributed by atoms with van der Waals surface area (Å²) < 4.78 is 0. The standard InChI is InChI=1S/C24H28N4O/c1-4-28(5-2)21-12-14-22(18(3)15-21)27-24(29)23-13-11-20(17-26-23)25-16-19-9-7-6-8-10-19/h6-15,17,25H,4-5,16H2,1-3H3,(H,27,29). The lowest BCUT2D eigenvalue weighted by Gasteiger charge is -2.22. The van der Waals surface area contributed by atoms with Crippen molar-refractivity contribution in [1.82, 2.24) is 4.98 Å². The van der Waals surface area contributed by atoms with Crippen LogP contribution in [0, 0.1) is 6.92 Å². The minimum Gasteiger partial charge on any atom is -0.380 e. The second-order valence-corrected chi connectivity index (χ2v) is 6.90. The number of hydrogen-bond acceptors (Lipinski definition) is 4. The lowest BCUT2D eigenvalue weighted by Crippen LogP contribution is -2.22. The number of pyridine rings is 1. The Kier molecular flexibility index (Phi) is 6.85. The Labute approximate surface area is 172 Å². The van der Waals surface area contributed by atoms with E-state index >= 15 is 0 Å². The molecule has 3 aromatic rings. The molecular weight excluding hydrogens is 360 g/mol. The van der Waals surface area contributed by atoms with Gasteiger partial charge in [-0.25, -0.2) is 4.98 Å². The maximum Gasteiger partial charge on any atom is 0.274 e. The van der Waals surface area contributed by atoms with E-state index in [1.807, 2.05) is 43.3 Å². The van der Waals surface area contributed by atoms with Crippen LogP contribution in [0.5, 0.6) is 0 Å². The summed E-state index contributed by atoms with van der Waals surface area (Å²) in [5.74, 6) is -0.210. The zero-order valence-electron chi connectivity index (χ0n) is 17.3. The fraction of sp³-hybridized carbons (Fsp3) is 0.250. The molecule has 0 aliphatic rings. The van der Waals surface area contributed by atoms with Gasteiger partial charge in [-0.1, -0.05) is 30.3 Å². The van der Waals surface area contributed by atoms with Gasteiger partial charge in [-0.2, -0.15) is 0 Å². The van der Waals surface area contributed by atoms with Crippen molar-refractivity contribution in [3.8, 4) is 0 Å². The zero-order valence-corrected chi connectivity index (χ0v) is 17.3. The number of nitrogens with one attached hydrogen (secondary N) is 2. The minimum absolute atomic E-state index is 0.210. The van der Waals surface area contributed by atoms with Crippen LogP contribution in [0.3, 0.4) is 0 Å². The summed E-state index contributed by atoms with van der Waals surface area (Å²) in [4.78, 5) is 19.2. The third-order valence-corrected chi connectivity index (χ3v) is 4.92. The third kappa shape index (κ3) is 5.35. The third-order valence-electron chi connectivity index (χ3n) is 4.92. The molecule has 0 aliphatic carbocycles. The molecule has 0 saturated heterocycles. The fourth-order valence-corrected chi connectivity index (χ4v) is 3.19. The van der Waals surface area contributed by atoms with E-state index in [0.29, 0.717) is 12.2 Å². The Balaban J connectivity index is 1.62. The molecular formula is C24H28N4O. The van der Waals surface area contributed by atoms with Crippen LogP contribution in [-0.4, -0.2) is 24.0 Å². The van der Waals surface area contributed by atoms with Crippen LogP contribution in [0.2, 0.25) is 0 Å². The maximum absolute atomic E-state index is 12.6. The number of anilines is 3. The highest BCUT2D eigenvalue weighted by atomic mass is 16.1. The second-order valence-electron chi connectivity index (χ2n) is 6.90. The van der Waals surface area contributed by atoms with Gasteiger partial charge in [0, 0.05) is 31.0 Å². The van der Waals surface area contributed by atoms with Gasteiger partial charge >= 0.3 is 0 Å². The van der Waals surface area contributed by atoms with Gasteiger partial charge in [0.2, 0.25) is 0 Å². The molecule has 0 radical (unpaired) electrons. The number of amides is 1. The van der Waals surface area contributed by atoms with Gasteiger partial charge in [0.25, 0.3) is 5.91 Å². The molecule has 2 aromatic carbocycles. The first kappa shape index (κ1) is 20.4. The highest BCUT2D eigenvalue weighted by Gasteiger charge is 2.11. The average molecular weight is 389 g/mol. The first-order valence-corrected chi connectivity index (χ1v) is 10.0. The van der Waals surface area contributed by atoms with Crippen molar-refractivity contribution >= 4 is 23.0 Å². The smallest absolute Gasteiger partial charge is 0.274 e. The number of carbonyl (C=O) groups is 1. The number of benzene rings is 2. The van der Waals surface area contributed by atoms with Gasteiger partial charge in [0.15, 0.2) is 0 Å². The van der Waals surface area contributed by atoms with Crippen LogP contribution in [0.25, 0.3) is 0 Å². The lowest BCUT2D eigenvalue weighted by atomic mass is 10.1. The summed E-state index contributed by atoms with van der Waals surface area (Å²) in [5, 5.41) is 6.28. The van der Waals surface area contributed by atoms with Gasteiger partial charge in [-0.3, -0.25) is 4.79 Å². The van der Waals surface area contributed by atoms with Crippen molar-refractivity contribution in [2.45, 2.75) is 27.3 Å². The summed E-state index contributed by atoms with van der Waals surface area (Å²) in [6.45, 7) is 8.91. The quantitative estimate of drug-likeness (QED) is 0.564. The van der Waals surface area contributed by atoms with E-state index in [4.69, 9.17) is 0 Å². The number of nitrogens with zero attached hydrogens (tertiary/aromatic N) is 2. The van der Waals surface area contributed by atoms with Gasteiger partial charge < -0.3 is 15.5 Å². The Morgan fingerprint density at radius 1 is 1.00 bits per heavy atom. The van der Waals surface area contributed by atoms with Crippen molar-refractivity contribution in [3.63, 3.8) is 0 Å². The SMILES string of the molecule is CCN(CC)c1ccc(NC(=O)c2ccc(NCc3ccccc3)cn2)c(C)c1. The van der Waals surface area contributed by atoms with E-state index in [2.05, 4.69) is 52.6 Å². The molecule has 1 heterocycles. The van der Waals surface area contributed by atoms with Gasteiger partial charge in [0.1, 0.15) is 5.69 Å². The molecule has 1 aromatic heterocycles. The Morgan fingerprint density at radius 2 is 1.76 bits per heavy atom. The van der Waals surface area contributed by atoms with E-state index in [9.17, 15) is 4.79 Å². The number of carbonyl (C=O) groups excluding carboxylic acids is 1. The Hall–Kier alpha value is -3.34. The van der Waals surface area contributed by atoms with E-state index in [-0.39, 0.29) is 5.91 Å². The topological polar surface area (TPSA) is 57.3 Å². The van der Waals surface area contributed by atoms with Crippen molar-refractivity contribution in [3.05, 3.63) is 83.7 Å². The molecule has 1 amide bonds. The van der Waals surface area contributed by atoms with E-state index < -0.39 is 0 Å². The molecule has 0 unspecified atom stereocenters. The summed E-state index contributed by atoms with van der Waals surface area (Å²) in [7, 11) is 0. The predicted octanol–water partition coefficient (Wildman–Crippen LogP) is 5.10. The predicted molar refractivity (Wildman–Crippen MR) is 121 cm³/mol. The Bertz CT molecular complexity index is 935. The molecule has 5 heteroatoms. The van der Waals surface area contributed by atoms with Crippen molar-refractivity contribution in [2.24, 2.45) is 0 Å². The van der Waals surface area contributed by atoms with Gasteiger partial charge in [-0.15, -0.1) is 0 Å². The average Bonchev–Trinajstić information content (AvgIpc) is 2.76. The maximum atomic E-state index is 12.6. The minimum atomic E-state index is -0.210. The van der Waals surface area contributed by atoms with E-state index in [1.54, 1.807) is 12.3 Å². The zero-order chi connectivity index (χ0) is 20.6. The number of aryl methyl sites for hydroxylation is 1. The summed E-state index contributed by atoms with van der Waals surface area (Å²) in [6.07, 6.45) is 1.69. The molecule has 3 rings (SSSR count). The second kappa shape index (κ2) is 9.73. The summed E-state index contributed by atoms with van der Waals surface area (Å²) in [6, 6.07) is 19.9. The molecule has 0 bridgehead atoms. The molecule has 29 heavy (non-hydrogen) atoms. The largest absolute Gasteiger partial charge is 0.380 e. The first-order valence-electron chi connectivity index (χ1n) is 10.0. The molecule has 2 N–H and O–H groups in total. The van der Waals surface area contributed by atoms with Crippen LogP contribution in [0.1, 0.15) is 35.5 Å². The lowest BCUT2D eigenvalue weighted by molar-refractivity contribution is 0.102. The van der Waals surface area contributed by atoms with Crippen LogP contribution < -0.4 is 15.5 Å². The van der Waals surface area contributed by atoms with Crippen LogP contribution in [0.15, 0.2) is 66.9 Å². The van der Waals surface area contributed by atoms with Gasteiger partial charge in [0.05, 0.1) is 11.9 Å². The molecule has 5 nitrogen and oxygen atoms in total.